The minimum atomic E-state index is -0.340. The van der Waals surface area contributed by atoms with Crippen LogP contribution in [0.4, 0.5) is 15.9 Å². The fourth-order valence-corrected chi connectivity index (χ4v) is 3.98. The van der Waals surface area contributed by atoms with Gasteiger partial charge in [0.25, 0.3) is 0 Å². The summed E-state index contributed by atoms with van der Waals surface area (Å²) in [5.41, 5.74) is 5.81. The van der Waals surface area contributed by atoms with Crippen LogP contribution in [-0.4, -0.2) is 34.7 Å². The average Bonchev–Trinajstić information content (AvgIpc) is 3.30. The van der Waals surface area contributed by atoms with E-state index in [4.69, 9.17) is 9.94 Å². The zero-order valence-electron chi connectivity index (χ0n) is 15.5. The molecule has 1 fully saturated rings. The van der Waals surface area contributed by atoms with Crippen LogP contribution in [0, 0.1) is 16.3 Å². The first-order valence-electron chi connectivity index (χ1n) is 8.75. The molecule has 0 saturated heterocycles. The Kier molecular flexibility index (Phi) is 6.19. The fourth-order valence-electron chi connectivity index (χ4n) is 3.53. The second-order valence-corrected chi connectivity index (χ2v) is 7.98. The van der Waals surface area contributed by atoms with Crippen molar-refractivity contribution < 1.29 is 19.1 Å². The number of hydrogen-bond donors (Lipinski definition) is 3. The number of rotatable bonds is 8. The predicted molar refractivity (Wildman–Crippen MR) is 110 cm³/mol. The zero-order chi connectivity index (χ0) is 19.7. The molecule has 6 nitrogen and oxygen atoms in total. The molecule has 0 bridgehead atoms. The van der Waals surface area contributed by atoms with Crippen LogP contribution >= 0.6 is 22.6 Å². The summed E-state index contributed by atoms with van der Waals surface area (Å²) < 4.78 is 17.0. The Morgan fingerprint density at radius 2 is 2.22 bits per heavy atom. The predicted octanol–water partition coefficient (Wildman–Crippen LogP) is 3.39. The van der Waals surface area contributed by atoms with E-state index in [2.05, 4.69) is 33.4 Å². The van der Waals surface area contributed by atoms with Crippen molar-refractivity contribution in [1.82, 2.24) is 10.0 Å². The highest BCUT2D eigenvalue weighted by Gasteiger charge is 2.43. The molecule has 8 heteroatoms. The van der Waals surface area contributed by atoms with E-state index >= 15 is 0 Å². The first-order chi connectivity index (χ1) is 12.8. The highest BCUT2D eigenvalue weighted by molar-refractivity contribution is 14.1. The Hall–Kier alpha value is -1.49. The number of hydroxylamine groups is 1. The second-order valence-electron chi connectivity index (χ2n) is 6.74. The first-order valence-corrected chi connectivity index (χ1v) is 9.83. The molecule has 1 heterocycles. The molecule has 1 aromatic heterocycles. The molecule has 1 aromatic carbocycles. The summed E-state index contributed by atoms with van der Waals surface area (Å²) in [5.74, 6) is 0.494. The molecule has 27 heavy (non-hydrogen) atoms. The largest absolute Gasteiger partial charge is 0.394 e. The van der Waals surface area contributed by atoms with Crippen LogP contribution in [0.15, 0.2) is 18.2 Å². The van der Waals surface area contributed by atoms with Gasteiger partial charge in [-0.05, 0) is 59.7 Å². The Bertz CT molecular complexity index is 868. The highest BCUT2D eigenvalue weighted by Crippen LogP contribution is 2.48. The fraction of sp³-hybridized carbons (Fsp3) is 0.421. The number of benzene rings is 1. The molecule has 1 saturated carbocycles. The van der Waals surface area contributed by atoms with Gasteiger partial charge in [-0.2, -0.15) is 5.48 Å². The van der Waals surface area contributed by atoms with E-state index in [1.807, 2.05) is 20.0 Å². The molecular formula is C19H23FIN3O3. The molecule has 2 unspecified atom stereocenters. The zero-order valence-corrected chi connectivity index (χ0v) is 17.6. The van der Waals surface area contributed by atoms with Gasteiger partial charge in [-0.3, -0.25) is 9.63 Å². The van der Waals surface area contributed by atoms with Gasteiger partial charge in [-0.1, -0.05) is 0 Å². The lowest BCUT2D eigenvalue weighted by Crippen LogP contribution is -2.20. The van der Waals surface area contributed by atoms with Gasteiger partial charge in [0.1, 0.15) is 11.6 Å². The number of nitrogens with one attached hydrogen (secondary N) is 2. The van der Waals surface area contributed by atoms with Crippen LogP contribution in [0.25, 0.3) is 0 Å². The lowest BCUT2D eigenvalue weighted by molar-refractivity contribution is 0.0127. The van der Waals surface area contributed by atoms with Crippen LogP contribution in [0.1, 0.15) is 40.9 Å². The quantitative estimate of drug-likeness (QED) is 0.231. The summed E-state index contributed by atoms with van der Waals surface area (Å²) >= 11 is 2.07. The average molecular weight is 487 g/mol. The van der Waals surface area contributed by atoms with Crippen LogP contribution in [0.5, 0.6) is 0 Å². The Balaban J connectivity index is 1.95. The maximum Gasteiger partial charge on any atom is 0.176 e. The van der Waals surface area contributed by atoms with Gasteiger partial charge in [0.15, 0.2) is 5.78 Å². The summed E-state index contributed by atoms with van der Waals surface area (Å²) in [7, 11) is 1.81. The molecular weight excluding hydrogens is 464 g/mol. The van der Waals surface area contributed by atoms with Gasteiger partial charge in [-0.15, -0.1) is 0 Å². The number of aliphatic hydroxyl groups is 1. The van der Waals surface area contributed by atoms with Crippen molar-refractivity contribution in [1.29, 1.82) is 0 Å². The third kappa shape index (κ3) is 4.18. The molecule has 3 rings (SSSR count). The van der Waals surface area contributed by atoms with Gasteiger partial charge in [0.2, 0.25) is 0 Å². The number of carbonyl (C=O) groups excluding carboxylic acids is 1. The van der Waals surface area contributed by atoms with Gasteiger partial charge in [0.05, 0.1) is 24.6 Å². The minimum absolute atomic E-state index is 0.0333. The Morgan fingerprint density at radius 3 is 2.85 bits per heavy atom. The van der Waals surface area contributed by atoms with Crippen LogP contribution in [-0.2, 0) is 11.9 Å². The van der Waals surface area contributed by atoms with Gasteiger partial charge < -0.3 is 15.0 Å². The summed E-state index contributed by atoms with van der Waals surface area (Å²) in [4.78, 5) is 17.4. The molecule has 0 spiro atoms. The van der Waals surface area contributed by atoms with Gasteiger partial charge >= 0.3 is 0 Å². The number of halogens is 2. The van der Waals surface area contributed by atoms with E-state index in [0.717, 1.165) is 21.1 Å². The molecule has 0 radical (unpaired) electrons. The molecule has 1 aliphatic carbocycles. The van der Waals surface area contributed by atoms with Crippen molar-refractivity contribution in [3.63, 3.8) is 0 Å². The maximum atomic E-state index is 14.4. The monoisotopic (exact) mass is 487 g/mol. The maximum absolute atomic E-state index is 14.4. The topological polar surface area (TPSA) is 75.5 Å². The van der Waals surface area contributed by atoms with Crippen molar-refractivity contribution in [3.05, 3.63) is 44.4 Å². The van der Waals surface area contributed by atoms with Crippen LogP contribution < -0.4 is 10.8 Å². The number of nitrogens with zero attached hydrogens (tertiary/aromatic N) is 1. The van der Waals surface area contributed by atoms with Crippen molar-refractivity contribution in [2.75, 3.05) is 18.5 Å². The van der Waals surface area contributed by atoms with E-state index in [1.165, 1.54) is 13.0 Å². The number of aliphatic hydroxyl groups excluding tert-OH is 1. The van der Waals surface area contributed by atoms with E-state index in [-0.39, 0.29) is 36.8 Å². The summed E-state index contributed by atoms with van der Waals surface area (Å²) in [6, 6.07) is 5.09. The van der Waals surface area contributed by atoms with E-state index < -0.39 is 0 Å². The first kappa shape index (κ1) is 20.2. The molecule has 0 aliphatic heterocycles. The number of Topliss-reactive ketones (excluding diaryl/α,β-unsaturated/α-hetero) is 1. The normalized spacial score (nSPS) is 18.6. The van der Waals surface area contributed by atoms with Crippen molar-refractivity contribution >= 4 is 39.9 Å². The van der Waals surface area contributed by atoms with Crippen LogP contribution in [0.2, 0.25) is 0 Å². The number of carbonyl (C=O) groups is 1. The lowest BCUT2D eigenvalue weighted by atomic mass is 10.1. The van der Waals surface area contributed by atoms with Crippen molar-refractivity contribution in [2.24, 2.45) is 7.05 Å². The molecule has 2 atom stereocenters. The van der Waals surface area contributed by atoms with Crippen LogP contribution in [0.3, 0.4) is 0 Å². The van der Waals surface area contributed by atoms with Gasteiger partial charge in [-0.25, -0.2) is 4.39 Å². The van der Waals surface area contributed by atoms with Gasteiger partial charge in [0, 0.05) is 35.1 Å². The molecule has 0 amide bonds. The smallest absolute Gasteiger partial charge is 0.176 e. The summed E-state index contributed by atoms with van der Waals surface area (Å²) in [6.07, 6.45) is 0.845. The molecule has 1 aliphatic rings. The van der Waals surface area contributed by atoms with E-state index in [1.54, 1.807) is 10.6 Å². The Morgan fingerprint density at radius 1 is 1.48 bits per heavy atom. The van der Waals surface area contributed by atoms with E-state index in [0.29, 0.717) is 17.2 Å². The number of anilines is 2. The summed E-state index contributed by atoms with van der Waals surface area (Å²) in [5, 5.41) is 12.0. The van der Waals surface area contributed by atoms with Crippen molar-refractivity contribution in [3.8, 4) is 0 Å². The minimum Gasteiger partial charge on any atom is -0.394 e. The second kappa shape index (κ2) is 8.26. The SMILES string of the molecule is CC(=O)c1c(C)c(C2CC2NOCCO)c(Nc2ccc(I)cc2F)n1C. The standard InChI is InChI=1S/C19H23FIN3O3/c1-10-17(13-9-16(13)23-27-7-6-25)19(24(3)18(10)11(2)26)22-15-5-4-12(21)8-14(15)20/h4-5,8,13,16,22-23,25H,6-7,9H2,1-3H3. The van der Waals surface area contributed by atoms with E-state index in [9.17, 15) is 9.18 Å². The molecule has 3 N–H and O–H groups in total. The highest BCUT2D eigenvalue weighted by atomic mass is 127. The van der Waals surface area contributed by atoms with Crippen molar-refractivity contribution in [2.45, 2.75) is 32.2 Å². The number of ketones is 1. The third-order valence-corrected chi connectivity index (χ3v) is 5.46. The summed E-state index contributed by atoms with van der Waals surface area (Å²) in [6.45, 7) is 3.62. The lowest BCUT2D eigenvalue weighted by Gasteiger charge is -2.13. The molecule has 146 valence electrons. The Labute approximate surface area is 171 Å². The third-order valence-electron chi connectivity index (χ3n) is 4.79. The number of aromatic nitrogens is 1. The number of hydrogen-bond acceptors (Lipinski definition) is 5. The molecule has 2 aromatic rings.